The minimum atomic E-state index is -0.575. The predicted octanol–water partition coefficient (Wildman–Crippen LogP) is 4.93. The smallest absolute Gasteiger partial charge is 0.285 e. The molecule has 0 bridgehead atoms. The largest absolute Gasteiger partial charge is 0.301 e. The molecule has 0 radical (unpaired) electrons. The minimum Gasteiger partial charge on any atom is -0.285 e. The lowest BCUT2D eigenvalue weighted by atomic mass is 9.98. The first kappa shape index (κ1) is 19.6. The topological polar surface area (TPSA) is 53.0 Å². The molecular weight excluding hydrogens is 461 g/mol. The number of ketones is 1. The van der Waals surface area contributed by atoms with E-state index in [1.54, 1.807) is 35.3 Å². The summed E-state index contributed by atoms with van der Waals surface area (Å²) >= 11 is 3.36. The van der Waals surface area contributed by atoms with Crippen LogP contribution < -0.4 is 4.90 Å². The van der Waals surface area contributed by atoms with E-state index in [1.165, 1.54) is 17.0 Å². The van der Waals surface area contributed by atoms with Crippen molar-refractivity contribution in [2.24, 2.45) is 5.10 Å². The van der Waals surface area contributed by atoms with Crippen LogP contribution in [0.2, 0.25) is 0 Å². The van der Waals surface area contributed by atoms with Gasteiger partial charge in [-0.25, -0.2) is 4.39 Å². The summed E-state index contributed by atoms with van der Waals surface area (Å²) < 4.78 is 14.2. The maximum Gasteiger partial charge on any atom is 0.301 e. The van der Waals surface area contributed by atoms with Crippen LogP contribution in [0, 0.1) is 5.82 Å². The molecule has 1 atom stereocenters. The summed E-state index contributed by atoms with van der Waals surface area (Å²) in [5.74, 6) is -1.41. The van der Waals surface area contributed by atoms with Gasteiger partial charge in [-0.15, -0.1) is 0 Å². The number of nitrogens with zero attached hydrogens (tertiary/aromatic N) is 3. The van der Waals surface area contributed by atoms with Crippen molar-refractivity contribution in [3.8, 4) is 0 Å². The number of halogens is 2. The van der Waals surface area contributed by atoms with E-state index in [4.69, 9.17) is 5.10 Å². The van der Waals surface area contributed by atoms with Gasteiger partial charge in [0.15, 0.2) is 0 Å². The SMILES string of the molecule is O=C1C(=O)N(CN2N=C(c3ccccc3)C[C@H]2c2ccc(F)cc2)c2ccc(Br)cc21. The van der Waals surface area contributed by atoms with Gasteiger partial charge in [0, 0.05) is 10.9 Å². The van der Waals surface area contributed by atoms with Crippen molar-refractivity contribution < 1.29 is 14.0 Å². The van der Waals surface area contributed by atoms with E-state index >= 15 is 0 Å². The van der Waals surface area contributed by atoms with Crippen molar-refractivity contribution in [3.63, 3.8) is 0 Å². The van der Waals surface area contributed by atoms with E-state index in [-0.39, 0.29) is 18.5 Å². The Balaban J connectivity index is 1.51. The molecule has 0 unspecified atom stereocenters. The van der Waals surface area contributed by atoms with Crippen LogP contribution in [0.25, 0.3) is 0 Å². The molecule has 3 aromatic carbocycles. The molecule has 1 amide bonds. The standard InChI is InChI=1S/C24H17BrFN3O2/c25-17-8-11-21-19(12-17)23(30)24(31)28(21)14-29-22(16-6-9-18(26)10-7-16)13-20(27-29)15-4-2-1-3-5-15/h1-12,22H,13-14H2/t22-/m0/s1. The van der Waals surface area contributed by atoms with Crippen LogP contribution in [-0.2, 0) is 4.79 Å². The van der Waals surface area contributed by atoms with Crippen molar-refractivity contribution >= 4 is 39.0 Å². The Labute approximate surface area is 186 Å². The highest BCUT2D eigenvalue weighted by atomic mass is 79.9. The van der Waals surface area contributed by atoms with Gasteiger partial charge in [0.05, 0.1) is 23.0 Å². The number of hydrazone groups is 1. The van der Waals surface area contributed by atoms with Crippen molar-refractivity contribution in [1.29, 1.82) is 0 Å². The first-order valence-corrected chi connectivity index (χ1v) is 10.6. The van der Waals surface area contributed by atoms with E-state index in [9.17, 15) is 14.0 Å². The fourth-order valence-corrected chi connectivity index (χ4v) is 4.38. The Morgan fingerprint density at radius 2 is 1.74 bits per heavy atom. The van der Waals surface area contributed by atoms with Crippen LogP contribution in [0.4, 0.5) is 10.1 Å². The molecule has 2 heterocycles. The zero-order valence-electron chi connectivity index (χ0n) is 16.3. The molecule has 5 nitrogen and oxygen atoms in total. The summed E-state index contributed by atoms with van der Waals surface area (Å²) in [5, 5.41) is 6.60. The van der Waals surface area contributed by atoms with Gasteiger partial charge < -0.3 is 0 Å². The molecule has 2 aliphatic heterocycles. The lowest BCUT2D eigenvalue weighted by Crippen LogP contribution is -2.39. The highest BCUT2D eigenvalue weighted by Gasteiger charge is 2.39. The monoisotopic (exact) mass is 477 g/mol. The van der Waals surface area contributed by atoms with E-state index in [0.717, 1.165) is 21.3 Å². The summed E-state index contributed by atoms with van der Waals surface area (Å²) in [4.78, 5) is 26.7. The fraction of sp³-hybridized carbons (Fsp3) is 0.125. The third kappa shape index (κ3) is 3.55. The Kier molecular flexibility index (Phi) is 4.90. The molecule has 154 valence electrons. The van der Waals surface area contributed by atoms with Gasteiger partial charge in [-0.2, -0.15) is 5.10 Å². The number of rotatable bonds is 4. The van der Waals surface area contributed by atoms with Gasteiger partial charge >= 0.3 is 5.91 Å². The molecule has 7 heteroatoms. The molecule has 3 aromatic rings. The fourth-order valence-electron chi connectivity index (χ4n) is 4.02. The van der Waals surface area contributed by atoms with Crippen LogP contribution in [0.1, 0.15) is 33.9 Å². The second-order valence-electron chi connectivity index (χ2n) is 7.49. The first-order valence-electron chi connectivity index (χ1n) is 9.82. The average molecular weight is 478 g/mol. The second-order valence-corrected chi connectivity index (χ2v) is 8.40. The Morgan fingerprint density at radius 1 is 1.00 bits per heavy atom. The summed E-state index contributed by atoms with van der Waals surface area (Å²) in [5.41, 5.74) is 3.71. The lowest BCUT2D eigenvalue weighted by molar-refractivity contribution is -0.114. The maximum atomic E-state index is 13.5. The lowest BCUT2D eigenvalue weighted by Gasteiger charge is -2.28. The molecule has 0 aliphatic carbocycles. The van der Waals surface area contributed by atoms with Gasteiger partial charge in [0.2, 0.25) is 0 Å². The summed E-state index contributed by atoms with van der Waals surface area (Å²) in [6.45, 7) is 0.123. The number of hydrogen-bond acceptors (Lipinski definition) is 4. The first-order chi connectivity index (χ1) is 15.0. The van der Waals surface area contributed by atoms with Crippen LogP contribution >= 0.6 is 15.9 Å². The number of hydrogen-bond donors (Lipinski definition) is 0. The Bertz CT molecular complexity index is 1210. The summed E-state index contributed by atoms with van der Waals surface area (Å²) in [7, 11) is 0. The zero-order chi connectivity index (χ0) is 21.5. The molecule has 31 heavy (non-hydrogen) atoms. The second kappa shape index (κ2) is 7.74. The van der Waals surface area contributed by atoms with Crippen LogP contribution in [0.3, 0.4) is 0 Å². The Morgan fingerprint density at radius 3 is 2.48 bits per heavy atom. The molecule has 0 N–H and O–H groups in total. The molecule has 5 rings (SSSR count). The highest BCUT2D eigenvalue weighted by molar-refractivity contribution is 9.10. The maximum absolute atomic E-state index is 13.5. The van der Waals surface area contributed by atoms with Crippen LogP contribution in [0.5, 0.6) is 0 Å². The third-order valence-electron chi connectivity index (χ3n) is 5.58. The summed E-state index contributed by atoms with van der Waals surface area (Å²) in [6.07, 6.45) is 0.610. The van der Waals surface area contributed by atoms with Crippen molar-refractivity contribution in [2.75, 3.05) is 11.6 Å². The molecule has 0 spiro atoms. The molecule has 0 saturated carbocycles. The molecule has 2 aliphatic rings. The van der Waals surface area contributed by atoms with Gasteiger partial charge in [-0.1, -0.05) is 58.4 Å². The van der Waals surface area contributed by atoms with E-state index < -0.39 is 11.7 Å². The van der Waals surface area contributed by atoms with Gasteiger partial charge in [-0.05, 0) is 41.5 Å². The number of benzene rings is 3. The van der Waals surface area contributed by atoms with Gasteiger partial charge in [-0.3, -0.25) is 19.5 Å². The van der Waals surface area contributed by atoms with Crippen LogP contribution in [0.15, 0.2) is 82.4 Å². The number of carbonyl (C=O) groups excluding carboxylic acids is 2. The van der Waals surface area contributed by atoms with Gasteiger partial charge in [0.1, 0.15) is 12.5 Å². The van der Waals surface area contributed by atoms with E-state index in [0.29, 0.717) is 17.7 Å². The molecule has 0 saturated heterocycles. The number of anilines is 1. The molecule has 0 aromatic heterocycles. The minimum absolute atomic E-state index is 0.123. The normalized spacial score (nSPS) is 17.9. The summed E-state index contributed by atoms with van der Waals surface area (Å²) in [6, 6.07) is 21.2. The predicted molar refractivity (Wildman–Crippen MR) is 119 cm³/mol. The molecular formula is C24H17BrFN3O2. The van der Waals surface area contributed by atoms with E-state index in [2.05, 4.69) is 15.9 Å². The van der Waals surface area contributed by atoms with Gasteiger partial charge in [0.25, 0.3) is 5.78 Å². The van der Waals surface area contributed by atoms with Crippen molar-refractivity contribution in [3.05, 3.63) is 99.8 Å². The average Bonchev–Trinajstić information content (AvgIpc) is 3.30. The van der Waals surface area contributed by atoms with E-state index in [1.807, 2.05) is 30.3 Å². The number of Topliss-reactive ketones (excluding diaryl/α,β-unsaturated/α-hetero) is 1. The zero-order valence-corrected chi connectivity index (χ0v) is 17.9. The highest BCUT2D eigenvalue weighted by Crippen LogP contribution is 2.36. The Hall–Kier alpha value is -3.32. The number of carbonyl (C=O) groups is 2. The van der Waals surface area contributed by atoms with Crippen molar-refractivity contribution in [2.45, 2.75) is 12.5 Å². The third-order valence-corrected chi connectivity index (χ3v) is 6.07. The van der Waals surface area contributed by atoms with Crippen molar-refractivity contribution in [1.82, 2.24) is 5.01 Å². The number of amides is 1. The van der Waals surface area contributed by atoms with Crippen LogP contribution in [-0.4, -0.2) is 29.1 Å². The molecule has 0 fully saturated rings. The quantitative estimate of drug-likeness (QED) is 0.500. The number of fused-ring (bicyclic) bond motifs is 1.